The van der Waals surface area contributed by atoms with Gasteiger partial charge >= 0.3 is 0 Å². The lowest BCUT2D eigenvalue weighted by molar-refractivity contribution is -0.177. The van der Waals surface area contributed by atoms with E-state index in [1.54, 1.807) is 6.92 Å². The van der Waals surface area contributed by atoms with Crippen LogP contribution < -0.4 is 5.73 Å². The molecule has 1 rings (SSSR count). The molecule has 0 aromatic heterocycles. The van der Waals surface area contributed by atoms with E-state index < -0.39 is 11.8 Å². The fourth-order valence-corrected chi connectivity index (χ4v) is 2.54. The number of hydrogen-bond donors (Lipinski definition) is 3. The summed E-state index contributed by atoms with van der Waals surface area (Å²) in [5.41, 5.74) is 8.05. The summed E-state index contributed by atoms with van der Waals surface area (Å²) in [4.78, 5) is 0. The summed E-state index contributed by atoms with van der Waals surface area (Å²) < 4.78 is 0. The predicted octanol–water partition coefficient (Wildman–Crippen LogP) is 3.97. The minimum atomic E-state index is -1.78. The van der Waals surface area contributed by atoms with Crippen molar-refractivity contribution in [3.63, 3.8) is 0 Å². The smallest absolute Gasteiger partial charge is 0.178 e. The topological polar surface area (TPSA) is 66.5 Å². The van der Waals surface area contributed by atoms with Crippen molar-refractivity contribution in [3.05, 3.63) is 35.4 Å². The van der Waals surface area contributed by atoms with Crippen LogP contribution in [0.2, 0.25) is 0 Å². The maximum Gasteiger partial charge on any atom is 0.178 e. The van der Waals surface area contributed by atoms with E-state index in [0.717, 1.165) is 12.0 Å². The summed E-state index contributed by atoms with van der Waals surface area (Å²) in [5.74, 6) is -1.78. The van der Waals surface area contributed by atoms with Crippen LogP contribution in [-0.4, -0.2) is 22.0 Å². The summed E-state index contributed by atoms with van der Waals surface area (Å²) in [7, 11) is 0. The zero-order valence-electron chi connectivity index (χ0n) is 14.6. The molecule has 0 amide bonds. The Labute approximate surface area is 147 Å². The Kier molecular flexibility index (Phi) is 11.5. The maximum absolute atomic E-state index is 9.74. The van der Waals surface area contributed by atoms with Crippen molar-refractivity contribution in [2.75, 3.05) is 0 Å². The molecule has 0 saturated carbocycles. The average Bonchev–Trinajstić information content (AvgIpc) is 2.50. The van der Waals surface area contributed by atoms with Gasteiger partial charge in [0.15, 0.2) is 5.79 Å². The SMILES string of the molecule is CCCCCCCCc1ccc(CCC(O)(O)C(C)N)cc1.Cl. The van der Waals surface area contributed by atoms with Gasteiger partial charge in [-0.2, -0.15) is 0 Å². The van der Waals surface area contributed by atoms with Gasteiger partial charge in [0.1, 0.15) is 0 Å². The number of nitrogens with two attached hydrogens (primary N) is 1. The molecule has 1 aromatic rings. The zero-order chi connectivity index (χ0) is 16.4. The van der Waals surface area contributed by atoms with Gasteiger partial charge in [0.2, 0.25) is 0 Å². The molecule has 0 spiro atoms. The number of benzene rings is 1. The van der Waals surface area contributed by atoms with Crippen LogP contribution >= 0.6 is 12.4 Å². The summed E-state index contributed by atoms with van der Waals surface area (Å²) in [6, 6.07) is 7.85. The van der Waals surface area contributed by atoms with E-state index in [2.05, 4.69) is 31.2 Å². The van der Waals surface area contributed by atoms with Crippen molar-refractivity contribution >= 4 is 12.4 Å². The molecule has 0 radical (unpaired) electrons. The van der Waals surface area contributed by atoms with Crippen LogP contribution in [0.25, 0.3) is 0 Å². The lowest BCUT2D eigenvalue weighted by Crippen LogP contribution is -2.46. The lowest BCUT2D eigenvalue weighted by atomic mass is 9.98. The first kappa shape index (κ1) is 22.4. The van der Waals surface area contributed by atoms with Gasteiger partial charge in [-0.15, -0.1) is 12.4 Å². The Morgan fingerprint density at radius 3 is 1.91 bits per heavy atom. The molecule has 0 bridgehead atoms. The van der Waals surface area contributed by atoms with Gasteiger partial charge in [-0.05, 0) is 37.3 Å². The van der Waals surface area contributed by atoms with Crippen molar-refractivity contribution in [3.8, 4) is 0 Å². The van der Waals surface area contributed by atoms with Gasteiger partial charge in [-0.1, -0.05) is 63.3 Å². The second-order valence-corrected chi connectivity index (χ2v) is 6.50. The highest BCUT2D eigenvalue weighted by atomic mass is 35.5. The molecular formula is C19H34ClNO2. The highest BCUT2D eigenvalue weighted by Crippen LogP contribution is 2.16. The highest BCUT2D eigenvalue weighted by Gasteiger charge is 2.27. The summed E-state index contributed by atoms with van der Waals surface area (Å²) in [6.45, 7) is 3.86. The Morgan fingerprint density at radius 1 is 0.913 bits per heavy atom. The Hall–Kier alpha value is -0.610. The second-order valence-electron chi connectivity index (χ2n) is 6.50. The minimum Gasteiger partial charge on any atom is -0.364 e. The fraction of sp³-hybridized carbons (Fsp3) is 0.684. The average molecular weight is 344 g/mol. The molecule has 1 unspecified atom stereocenters. The number of hydrogen-bond acceptors (Lipinski definition) is 3. The molecule has 0 aliphatic rings. The normalized spacial score (nSPS) is 12.7. The minimum absolute atomic E-state index is 0. The van der Waals surface area contributed by atoms with Gasteiger partial charge in [0.05, 0.1) is 6.04 Å². The fourth-order valence-electron chi connectivity index (χ4n) is 2.54. The van der Waals surface area contributed by atoms with E-state index in [0.29, 0.717) is 6.42 Å². The zero-order valence-corrected chi connectivity index (χ0v) is 15.4. The van der Waals surface area contributed by atoms with E-state index in [1.165, 1.54) is 44.1 Å². The Bertz CT molecular complexity index is 404. The van der Waals surface area contributed by atoms with Crippen LogP contribution in [0.15, 0.2) is 24.3 Å². The van der Waals surface area contributed by atoms with E-state index in [9.17, 15) is 10.2 Å². The third kappa shape index (κ3) is 9.31. The van der Waals surface area contributed by atoms with Gasteiger partial charge in [-0.3, -0.25) is 0 Å². The molecule has 4 heteroatoms. The molecule has 1 atom stereocenters. The van der Waals surface area contributed by atoms with Gasteiger partial charge in [0.25, 0.3) is 0 Å². The lowest BCUT2D eigenvalue weighted by Gasteiger charge is -2.25. The number of rotatable bonds is 11. The van der Waals surface area contributed by atoms with Gasteiger partial charge < -0.3 is 15.9 Å². The molecule has 134 valence electrons. The van der Waals surface area contributed by atoms with Crippen LogP contribution in [0, 0.1) is 0 Å². The first-order valence-corrected chi connectivity index (χ1v) is 8.74. The van der Waals surface area contributed by atoms with E-state index in [-0.39, 0.29) is 18.8 Å². The molecule has 0 aliphatic heterocycles. The largest absolute Gasteiger partial charge is 0.364 e. The number of halogens is 1. The molecular weight excluding hydrogens is 310 g/mol. The number of aliphatic hydroxyl groups is 2. The van der Waals surface area contributed by atoms with Crippen molar-refractivity contribution in [2.24, 2.45) is 5.73 Å². The molecule has 0 saturated heterocycles. The summed E-state index contributed by atoms with van der Waals surface area (Å²) in [5, 5.41) is 19.5. The quantitative estimate of drug-likeness (QED) is 0.420. The molecule has 23 heavy (non-hydrogen) atoms. The van der Waals surface area contributed by atoms with Crippen LogP contribution in [0.4, 0.5) is 0 Å². The Balaban J connectivity index is 0.00000484. The van der Waals surface area contributed by atoms with Crippen molar-refractivity contribution in [1.29, 1.82) is 0 Å². The van der Waals surface area contributed by atoms with E-state index >= 15 is 0 Å². The van der Waals surface area contributed by atoms with Crippen LogP contribution in [0.5, 0.6) is 0 Å². The summed E-state index contributed by atoms with van der Waals surface area (Å²) in [6.07, 6.45) is 9.96. The molecule has 0 heterocycles. The number of unbranched alkanes of at least 4 members (excludes halogenated alkanes) is 5. The van der Waals surface area contributed by atoms with Crippen molar-refractivity contribution < 1.29 is 10.2 Å². The molecule has 4 N–H and O–H groups in total. The first-order valence-electron chi connectivity index (χ1n) is 8.74. The molecule has 3 nitrogen and oxygen atoms in total. The Morgan fingerprint density at radius 2 is 1.39 bits per heavy atom. The van der Waals surface area contributed by atoms with E-state index in [1.807, 2.05) is 0 Å². The van der Waals surface area contributed by atoms with Crippen molar-refractivity contribution in [2.45, 2.75) is 83.5 Å². The summed E-state index contributed by atoms with van der Waals surface area (Å²) >= 11 is 0. The predicted molar refractivity (Wildman–Crippen MR) is 99.9 cm³/mol. The third-order valence-electron chi connectivity index (χ3n) is 4.35. The number of aryl methyl sites for hydroxylation is 2. The highest BCUT2D eigenvalue weighted by molar-refractivity contribution is 5.85. The molecule has 0 fully saturated rings. The van der Waals surface area contributed by atoms with Gasteiger partial charge in [0, 0.05) is 6.42 Å². The third-order valence-corrected chi connectivity index (χ3v) is 4.35. The molecule has 0 aliphatic carbocycles. The van der Waals surface area contributed by atoms with E-state index in [4.69, 9.17) is 5.73 Å². The van der Waals surface area contributed by atoms with Gasteiger partial charge in [-0.25, -0.2) is 0 Å². The van der Waals surface area contributed by atoms with Crippen LogP contribution in [0.1, 0.15) is 69.9 Å². The van der Waals surface area contributed by atoms with Crippen molar-refractivity contribution in [1.82, 2.24) is 0 Å². The molecule has 1 aromatic carbocycles. The standard InChI is InChI=1S/C19H33NO2.ClH/c1-3-4-5-6-7-8-9-17-10-12-18(13-11-17)14-15-19(21,22)16(2)20;/h10-13,16,21-22H,3-9,14-15,20H2,1-2H3;1H. The monoisotopic (exact) mass is 343 g/mol. The first-order chi connectivity index (χ1) is 10.5. The van der Waals surface area contributed by atoms with Crippen LogP contribution in [0.3, 0.4) is 0 Å². The second kappa shape index (κ2) is 11.9. The van der Waals surface area contributed by atoms with Crippen LogP contribution in [-0.2, 0) is 12.8 Å². The maximum atomic E-state index is 9.74.